The van der Waals surface area contributed by atoms with Crippen LogP contribution in [0.15, 0.2) is 36.4 Å². The quantitative estimate of drug-likeness (QED) is 0.893. The predicted octanol–water partition coefficient (Wildman–Crippen LogP) is 4.04. The fourth-order valence-electron chi connectivity index (χ4n) is 2.94. The molecule has 1 aliphatic carbocycles. The molecule has 5 heteroatoms. The first-order valence-corrected chi connectivity index (χ1v) is 7.91. The van der Waals surface area contributed by atoms with Crippen LogP contribution in [-0.2, 0) is 17.6 Å². The fourth-order valence-corrected chi connectivity index (χ4v) is 3.11. The van der Waals surface area contributed by atoms with E-state index in [0.29, 0.717) is 22.0 Å². The number of amides is 2. The Kier molecular flexibility index (Phi) is 4.35. The van der Waals surface area contributed by atoms with Gasteiger partial charge in [-0.25, -0.2) is 0 Å². The lowest BCUT2D eigenvalue weighted by molar-refractivity contribution is -0.114. The lowest BCUT2D eigenvalue weighted by atomic mass is 10.0. The third kappa shape index (κ3) is 3.37. The van der Waals surface area contributed by atoms with Crippen LogP contribution in [0.3, 0.4) is 0 Å². The van der Waals surface area contributed by atoms with Gasteiger partial charge in [-0.3, -0.25) is 9.59 Å². The Labute approximate surface area is 139 Å². The molecule has 0 heterocycles. The third-order valence-electron chi connectivity index (χ3n) is 3.93. The molecule has 23 heavy (non-hydrogen) atoms. The Morgan fingerprint density at radius 2 is 1.87 bits per heavy atom. The summed E-state index contributed by atoms with van der Waals surface area (Å²) in [6.45, 7) is 1.41. The second kappa shape index (κ2) is 6.42. The summed E-state index contributed by atoms with van der Waals surface area (Å²) in [4.78, 5) is 24.0. The highest BCUT2D eigenvalue weighted by atomic mass is 35.5. The van der Waals surface area contributed by atoms with Gasteiger partial charge < -0.3 is 10.6 Å². The van der Waals surface area contributed by atoms with Gasteiger partial charge in [0.2, 0.25) is 5.91 Å². The van der Waals surface area contributed by atoms with Crippen LogP contribution < -0.4 is 10.6 Å². The van der Waals surface area contributed by atoms with E-state index in [1.54, 1.807) is 18.2 Å². The van der Waals surface area contributed by atoms with Gasteiger partial charge in [0.25, 0.3) is 5.91 Å². The normalized spacial score (nSPS) is 12.6. The van der Waals surface area contributed by atoms with Crippen LogP contribution >= 0.6 is 11.6 Å². The summed E-state index contributed by atoms with van der Waals surface area (Å²) < 4.78 is 0. The summed E-state index contributed by atoms with van der Waals surface area (Å²) in [7, 11) is 0. The number of carbonyl (C=O) groups excluding carboxylic acids is 2. The average molecular weight is 329 g/mol. The summed E-state index contributed by atoms with van der Waals surface area (Å²) in [6, 6.07) is 10.8. The SMILES string of the molecule is CC(=O)Nc1cc(Cl)ccc1NC(=O)c1cccc2c1CCC2. The average Bonchev–Trinajstić information content (AvgIpc) is 2.97. The molecule has 0 saturated carbocycles. The molecule has 2 aromatic carbocycles. The van der Waals surface area contributed by atoms with Gasteiger partial charge in [0.15, 0.2) is 0 Å². The Morgan fingerprint density at radius 3 is 2.65 bits per heavy atom. The van der Waals surface area contributed by atoms with E-state index in [2.05, 4.69) is 16.7 Å². The van der Waals surface area contributed by atoms with E-state index in [4.69, 9.17) is 11.6 Å². The molecule has 0 aromatic heterocycles. The minimum absolute atomic E-state index is 0.169. The van der Waals surface area contributed by atoms with Crippen LogP contribution in [0.25, 0.3) is 0 Å². The van der Waals surface area contributed by atoms with E-state index in [0.717, 1.165) is 24.8 Å². The molecule has 0 radical (unpaired) electrons. The van der Waals surface area contributed by atoms with E-state index in [-0.39, 0.29) is 11.8 Å². The first-order valence-electron chi connectivity index (χ1n) is 7.54. The number of halogens is 1. The molecule has 2 N–H and O–H groups in total. The zero-order valence-electron chi connectivity index (χ0n) is 12.8. The molecule has 0 fully saturated rings. The lowest BCUT2D eigenvalue weighted by Crippen LogP contribution is -2.16. The number of nitrogens with one attached hydrogen (secondary N) is 2. The van der Waals surface area contributed by atoms with Gasteiger partial charge in [-0.05, 0) is 54.7 Å². The Bertz CT molecular complexity index is 787. The van der Waals surface area contributed by atoms with Gasteiger partial charge in [0.05, 0.1) is 11.4 Å². The van der Waals surface area contributed by atoms with Crippen LogP contribution in [0.4, 0.5) is 11.4 Å². The summed E-state index contributed by atoms with van der Waals surface area (Å²) in [5.41, 5.74) is 4.09. The molecule has 2 amide bonds. The van der Waals surface area contributed by atoms with Gasteiger partial charge in [-0.15, -0.1) is 0 Å². The molecular formula is C18H17ClN2O2. The van der Waals surface area contributed by atoms with Crippen molar-refractivity contribution in [2.75, 3.05) is 10.6 Å². The number of rotatable bonds is 3. The van der Waals surface area contributed by atoms with Crippen molar-refractivity contribution in [1.29, 1.82) is 0 Å². The zero-order chi connectivity index (χ0) is 16.4. The molecule has 0 unspecified atom stereocenters. The molecule has 0 atom stereocenters. The fraction of sp³-hybridized carbons (Fsp3) is 0.222. The molecule has 118 valence electrons. The van der Waals surface area contributed by atoms with E-state index < -0.39 is 0 Å². The molecular weight excluding hydrogens is 312 g/mol. The Balaban J connectivity index is 1.89. The van der Waals surface area contributed by atoms with Gasteiger partial charge in [0.1, 0.15) is 0 Å². The van der Waals surface area contributed by atoms with Crippen molar-refractivity contribution in [3.8, 4) is 0 Å². The maximum atomic E-state index is 12.6. The lowest BCUT2D eigenvalue weighted by Gasteiger charge is -2.13. The highest BCUT2D eigenvalue weighted by Crippen LogP contribution is 2.29. The molecule has 0 aliphatic heterocycles. The predicted molar refractivity (Wildman–Crippen MR) is 92.2 cm³/mol. The third-order valence-corrected chi connectivity index (χ3v) is 4.17. The summed E-state index contributed by atoms with van der Waals surface area (Å²) >= 11 is 5.97. The van der Waals surface area contributed by atoms with E-state index in [9.17, 15) is 9.59 Å². The molecule has 0 saturated heterocycles. The maximum absolute atomic E-state index is 12.6. The van der Waals surface area contributed by atoms with Gasteiger partial charge in [0, 0.05) is 17.5 Å². The van der Waals surface area contributed by atoms with Crippen molar-refractivity contribution in [3.05, 3.63) is 58.1 Å². The zero-order valence-corrected chi connectivity index (χ0v) is 13.5. The topological polar surface area (TPSA) is 58.2 Å². The van der Waals surface area contributed by atoms with Crippen LogP contribution in [0.5, 0.6) is 0 Å². The van der Waals surface area contributed by atoms with Crippen LogP contribution in [0, 0.1) is 0 Å². The van der Waals surface area contributed by atoms with Crippen molar-refractivity contribution in [1.82, 2.24) is 0 Å². The first-order chi connectivity index (χ1) is 11.0. The summed E-state index contributed by atoms with van der Waals surface area (Å²) in [5, 5.41) is 6.06. The van der Waals surface area contributed by atoms with Crippen molar-refractivity contribution in [2.45, 2.75) is 26.2 Å². The Morgan fingerprint density at radius 1 is 1.04 bits per heavy atom. The van der Waals surface area contributed by atoms with E-state index >= 15 is 0 Å². The first kappa shape index (κ1) is 15.6. The summed E-state index contributed by atoms with van der Waals surface area (Å²) in [5.74, 6) is -0.388. The van der Waals surface area contributed by atoms with Crippen LogP contribution in [-0.4, -0.2) is 11.8 Å². The summed E-state index contributed by atoms with van der Waals surface area (Å²) in [6.07, 6.45) is 3.03. The molecule has 0 bridgehead atoms. The minimum atomic E-state index is -0.219. The highest BCUT2D eigenvalue weighted by Gasteiger charge is 2.19. The van der Waals surface area contributed by atoms with E-state index in [1.807, 2.05) is 12.1 Å². The van der Waals surface area contributed by atoms with Crippen LogP contribution in [0.2, 0.25) is 5.02 Å². The molecule has 0 spiro atoms. The van der Waals surface area contributed by atoms with Gasteiger partial charge in [-0.2, -0.15) is 0 Å². The maximum Gasteiger partial charge on any atom is 0.256 e. The number of benzene rings is 2. The number of fused-ring (bicyclic) bond motifs is 1. The van der Waals surface area contributed by atoms with Crippen LogP contribution in [0.1, 0.15) is 34.8 Å². The molecule has 4 nitrogen and oxygen atoms in total. The van der Waals surface area contributed by atoms with E-state index in [1.165, 1.54) is 12.5 Å². The smallest absolute Gasteiger partial charge is 0.256 e. The number of aryl methyl sites for hydroxylation is 1. The second-order valence-corrected chi connectivity index (χ2v) is 6.06. The Hall–Kier alpha value is -2.33. The van der Waals surface area contributed by atoms with Crippen molar-refractivity contribution >= 4 is 34.8 Å². The minimum Gasteiger partial charge on any atom is -0.324 e. The van der Waals surface area contributed by atoms with Gasteiger partial charge in [-0.1, -0.05) is 23.7 Å². The standard InChI is InChI=1S/C18H17ClN2O2/c1-11(22)20-17-10-13(19)8-9-16(17)21-18(23)15-7-3-5-12-4-2-6-14(12)15/h3,5,7-10H,2,4,6H2,1H3,(H,20,22)(H,21,23). The van der Waals surface area contributed by atoms with Crippen molar-refractivity contribution in [3.63, 3.8) is 0 Å². The van der Waals surface area contributed by atoms with Gasteiger partial charge >= 0.3 is 0 Å². The number of anilines is 2. The molecule has 1 aliphatic rings. The monoisotopic (exact) mass is 328 g/mol. The number of carbonyl (C=O) groups is 2. The van der Waals surface area contributed by atoms with Crippen molar-refractivity contribution < 1.29 is 9.59 Å². The molecule has 3 rings (SSSR count). The highest BCUT2D eigenvalue weighted by molar-refractivity contribution is 6.31. The molecule has 2 aromatic rings. The number of hydrogen-bond acceptors (Lipinski definition) is 2. The number of hydrogen-bond donors (Lipinski definition) is 2. The largest absolute Gasteiger partial charge is 0.324 e. The van der Waals surface area contributed by atoms with Crippen molar-refractivity contribution in [2.24, 2.45) is 0 Å². The second-order valence-electron chi connectivity index (χ2n) is 5.62.